The van der Waals surface area contributed by atoms with Gasteiger partial charge in [-0.05, 0) is 43.2 Å². The summed E-state index contributed by atoms with van der Waals surface area (Å²) in [5.41, 5.74) is 2.72. The average molecular weight is 324 g/mol. The Hall–Kier alpha value is -2.66. The molecule has 24 heavy (non-hydrogen) atoms. The van der Waals surface area contributed by atoms with E-state index < -0.39 is 0 Å². The Morgan fingerprint density at radius 2 is 1.71 bits per heavy atom. The number of anilines is 1. The number of hydrogen-bond acceptors (Lipinski definition) is 4. The maximum absolute atomic E-state index is 12.3. The topological polar surface area (TPSA) is 69.6 Å². The molecule has 2 aromatic carbocycles. The lowest BCUT2D eigenvalue weighted by atomic mass is 10.1. The van der Waals surface area contributed by atoms with Gasteiger partial charge in [-0.1, -0.05) is 24.3 Å². The van der Waals surface area contributed by atoms with E-state index in [4.69, 9.17) is 0 Å². The molecule has 124 valence electrons. The van der Waals surface area contributed by atoms with E-state index in [1.165, 1.54) is 4.90 Å². The van der Waals surface area contributed by atoms with Crippen molar-refractivity contribution in [2.24, 2.45) is 0 Å². The van der Waals surface area contributed by atoms with Gasteiger partial charge in [0, 0.05) is 18.3 Å². The first-order valence-corrected chi connectivity index (χ1v) is 8.01. The number of imide groups is 1. The molecule has 0 aliphatic carbocycles. The number of nitrogens with zero attached hydrogens (tertiary/aromatic N) is 1. The summed E-state index contributed by atoms with van der Waals surface area (Å²) in [6.07, 6.45) is 0.648. The van der Waals surface area contributed by atoms with E-state index in [2.05, 4.69) is 5.32 Å². The Balaban J connectivity index is 1.60. The molecule has 0 fully saturated rings. The Morgan fingerprint density at radius 1 is 1.04 bits per heavy atom. The van der Waals surface area contributed by atoms with Gasteiger partial charge in [-0.2, -0.15) is 0 Å². The van der Waals surface area contributed by atoms with Crippen LogP contribution in [-0.2, 0) is 6.61 Å². The van der Waals surface area contributed by atoms with E-state index >= 15 is 0 Å². The van der Waals surface area contributed by atoms with Crippen LogP contribution < -0.4 is 5.32 Å². The van der Waals surface area contributed by atoms with Gasteiger partial charge < -0.3 is 10.4 Å². The van der Waals surface area contributed by atoms with Crippen molar-refractivity contribution < 1.29 is 14.7 Å². The van der Waals surface area contributed by atoms with E-state index in [-0.39, 0.29) is 24.5 Å². The fraction of sp³-hybridized carbons (Fsp3) is 0.263. The highest BCUT2D eigenvalue weighted by atomic mass is 16.3. The van der Waals surface area contributed by atoms with E-state index in [1.54, 1.807) is 24.3 Å². The van der Waals surface area contributed by atoms with Crippen LogP contribution in [0.15, 0.2) is 48.5 Å². The molecule has 2 aromatic rings. The molecule has 5 nitrogen and oxygen atoms in total. The van der Waals surface area contributed by atoms with Crippen LogP contribution in [0.5, 0.6) is 0 Å². The molecule has 1 aliphatic heterocycles. The molecule has 0 spiro atoms. The molecule has 5 heteroatoms. The number of carbonyl (C=O) groups excluding carboxylic acids is 2. The zero-order chi connectivity index (χ0) is 17.1. The molecule has 1 aliphatic rings. The zero-order valence-corrected chi connectivity index (χ0v) is 13.5. The minimum atomic E-state index is -0.218. The summed E-state index contributed by atoms with van der Waals surface area (Å²) in [6.45, 7) is 2.38. The van der Waals surface area contributed by atoms with Crippen LogP contribution >= 0.6 is 0 Å². The summed E-state index contributed by atoms with van der Waals surface area (Å²) in [7, 11) is 0. The number of amides is 2. The highest BCUT2D eigenvalue weighted by molar-refractivity contribution is 6.21. The molecule has 1 unspecified atom stereocenters. The van der Waals surface area contributed by atoms with Gasteiger partial charge in [0.1, 0.15) is 0 Å². The van der Waals surface area contributed by atoms with E-state index in [0.717, 1.165) is 11.3 Å². The normalized spacial score (nSPS) is 14.7. The number of fused-ring (bicyclic) bond motifs is 1. The molecule has 0 bridgehead atoms. The summed E-state index contributed by atoms with van der Waals surface area (Å²) in [6, 6.07) is 14.6. The molecule has 2 N–H and O–H groups in total. The van der Waals surface area contributed by atoms with Gasteiger partial charge in [0.25, 0.3) is 11.8 Å². The number of rotatable bonds is 6. The third kappa shape index (κ3) is 3.16. The molecule has 2 amide bonds. The van der Waals surface area contributed by atoms with E-state index in [9.17, 15) is 14.7 Å². The predicted octanol–water partition coefficient (Wildman–Crippen LogP) is 2.67. The minimum absolute atomic E-state index is 0.00105. The highest BCUT2D eigenvalue weighted by Crippen LogP contribution is 2.23. The van der Waals surface area contributed by atoms with Crippen LogP contribution in [-0.4, -0.2) is 34.4 Å². The first-order valence-electron chi connectivity index (χ1n) is 8.01. The molecule has 3 rings (SSSR count). The lowest BCUT2D eigenvalue weighted by molar-refractivity contribution is 0.0651. The summed E-state index contributed by atoms with van der Waals surface area (Å²) in [5.74, 6) is -0.435. The van der Waals surface area contributed by atoms with Crippen molar-refractivity contribution in [3.05, 3.63) is 65.2 Å². The maximum atomic E-state index is 12.3. The Bertz CT molecular complexity index is 738. The van der Waals surface area contributed by atoms with Crippen molar-refractivity contribution in [2.45, 2.75) is 26.0 Å². The van der Waals surface area contributed by atoms with Gasteiger partial charge in [-0.3, -0.25) is 14.5 Å². The van der Waals surface area contributed by atoms with Crippen LogP contribution in [0.4, 0.5) is 5.69 Å². The SMILES string of the molecule is CC(CCN1C(=O)c2ccccc2C1=O)Nc1cccc(CO)c1. The molecule has 0 radical (unpaired) electrons. The third-order valence-electron chi connectivity index (χ3n) is 4.19. The summed E-state index contributed by atoms with van der Waals surface area (Å²) in [5, 5.41) is 12.5. The first-order chi connectivity index (χ1) is 11.6. The third-order valence-corrected chi connectivity index (χ3v) is 4.19. The minimum Gasteiger partial charge on any atom is -0.392 e. The number of benzene rings is 2. The first kappa shape index (κ1) is 16.2. The van der Waals surface area contributed by atoms with Crippen LogP contribution in [0.1, 0.15) is 39.6 Å². The summed E-state index contributed by atoms with van der Waals surface area (Å²) in [4.78, 5) is 25.9. The molecule has 1 heterocycles. The highest BCUT2D eigenvalue weighted by Gasteiger charge is 2.34. The van der Waals surface area contributed by atoms with Gasteiger partial charge >= 0.3 is 0 Å². The van der Waals surface area contributed by atoms with Gasteiger partial charge in [-0.25, -0.2) is 0 Å². The fourth-order valence-corrected chi connectivity index (χ4v) is 2.88. The Labute approximate surface area is 140 Å². The van der Waals surface area contributed by atoms with Crippen molar-refractivity contribution >= 4 is 17.5 Å². The lowest BCUT2D eigenvalue weighted by Crippen LogP contribution is -2.33. The molecular formula is C19H20N2O3. The van der Waals surface area contributed by atoms with Crippen LogP contribution in [0.25, 0.3) is 0 Å². The van der Waals surface area contributed by atoms with Crippen molar-refractivity contribution in [1.82, 2.24) is 4.90 Å². The Morgan fingerprint density at radius 3 is 2.33 bits per heavy atom. The lowest BCUT2D eigenvalue weighted by Gasteiger charge is -2.19. The van der Waals surface area contributed by atoms with E-state index in [0.29, 0.717) is 24.1 Å². The van der Waals surface area contributed by atoms with Crippen molar-refractivity contribution in [3.63, 3.8) is 0 Å². The van der Waals surface area contributed by atoms with Crippen LogP contribution in [0.3, 0.4) is 0 Å². The maximum Gasteiger partial charge on any atom is 0.261 e. The second-order valence-electron chi connectivity index (χ2n) is 6.00. The van der Waals surface area contributed by atoms with Crippen molar-refractivity contribution in [2.75, 3.05) is 11.9 Å². The smallest absolute Gasteiger partial charge is 0.261 e. The van der Waals surface area contributed by atoms with E-state index in [1.807, 2.05) is 31.2 Å². The number of carbonyl (C=O) groups is 2. The zero-order valence-electron chi connectivity index (χ0n) is 13.5. The predicted molar refractivity (Wildman–Crippen MR) is 91.9 cm³/mol. The van der Waals surface area contributed by atoms with Gasteiger partial charge in [0.15, 0.2) is 0 Å². The average Bonchev–Trinajstić information content (AvgIpc) is 2.84. The van der Waals surface area contributed by atoms with Gasteiger partial charge in [-0.15, -0.1) is 0 Å². The Kier molecular flexibility index (Phi) is 4.62. The second-order valence-corrected chi connectivity index (χ2v) is 6.00. The molecule has 1 atom stereocenters. The molecule has 0 aromatic heterocycles. The van der Waals surface area contributed by atoms with Crippen LogP contribution in [0.2, 0.25) is 0 Å². The van der Waals surface area contributed by atoms with Crippen molar-refractivity contribution in [1.29, 1.82) is 0 Å². The summed E-state index contributed by atoms with van der Waals surface area (Å²) < 4.78 is 0. The fourth-order valence-electron chi connectivity index (χ4n) is 2.88. The number of aliphatic hydroxyl groups is 1. The number of hydrogen-bond donors (Lipinski definition) is 2. The van der Waals surface area contributed by atoms with Crippen LogP contribution in [0, 0.1) is 0 Å². The van der Waals surface area contributed by atoms with Gasteiger partial charge in [0.05, 0.1) is 17.7 Å². The quantitative estimate of drug-likeness (QED) is 0.802. The standard InChI is InChI=1S/C19H20N2O3/c1-13(20-15-6-4-5-14(11-15)12-22)9-10-21-18(23)16-7-2-3-8-17(16)19(21)24/h2-8,11,13,20,22H,9-10,12H2,1H3. The summed E-state index contributed by atoms with van der Waals surface area (Å²) >= 11 is 0. The second kappa shape index (κ2) is 6.84. The molecule has 0 saturated heterocycles. The molecule has 0 saturated carbocycles. The largest absolute Gasteiger partial charge is 0.392 e. The number of nitrogens with one attached hydrogen (secondary N) is 1. The van der Waals surface area contributed by atoms with Gasteiger partial charge in [0.2, 0.25) is 0 Å². The monoisotopic (exact) mass is 324 g/mol. The van der Waals surface area contributed by atoms with Crippen molar-refractivity contribution in [3.8, 4) is 0 Å². The molecular weight excluding hydrogens is 304 g/mol. The number of aliphatic hydroxyl groups excluding tert-OH is 1.